The zero-order chi connectivity index (χ0) is 29.1. The van der Waals surface area contributed by atoms with E-state index in [4.69, 9.17) is 9.72 Å². The normalized spacial score (nSPS) is 11.7. The minimum absolute atomic E-state index is 0.103. The molecule has 3 aromatic carbocycles. The number of sulfone groups is 1. The van der Waals surface area contributed by atoms with E-state index in [1.807, 2.05) is 50.2 Å². The van der Waals surface area contributed by atoms with Gasteiger partial charge in [-0.1, -0.05) is 37.6 Å². The molecular weight excluding hydrogens is 540 g/mol. The summed E-state index contributed by atoms with van der Waals surface area (Å²) in [7, 11) is -3.46. The number of tetrazole rings is 1. The second kappa shape index (κ2) is 11.6. The molecule has 0 fully saturated rings. The molecule has 0 saturated heterocycles. The van der Waals surface area contributed by atoms with Crippen LogP contribution in [0.3, 0.4) is 0 Å². The number of rotatable bonds is 10. The molecule has 1 N–H and O–H groups in total. The van der Waals surface area contributed by atoms with Crippen molar-refractivity contribution in [1.29, 1.82) is 0 Å². The first-order valence-electron chi connectivity index (χ1n) is 13.4. The van der Waals surface area contributed by atoms with E-state index in [1.165, 1.54) is 12.1 Å². The molecule has 5 rings (SSSR count). The van der Waals surface area contributed by atoms with Crippen molar-refractivity contribution >= 4 is 20.7 Å². The third-order valence-electron chi connectivity index (χ3n) is 7.25. The maximum Gasteiger partial charge on any atom is 0.261 e. The fourth-order valence-corrected chi connectivity index (χ4v) is 5.47. The molecule has 0 atom stereocenters. The van der Waals surface area contributed by atoms with Gasteiger partial charge in [0.1, 0.15) is 18.2 Å². The first kappa shape index (κ1) is 28.2. The van der Waals surface area contributed by atoms with Crippen LogP contribution in [-0.2, 0) is 29.4 Å². The van der Waals surface area contributed by atoms with E-state index >= 15 is 0 Å². The number of hydrogen-bond donors (Lipinski definition) is 1. The number of fused-ring (bicyclic) bond motifs is 1. The Bertz CT molecular complexity index is 1860. The average molecular weight is 573 g/mol. The molecule has 5 aromatic rings. The molecule has 0 aliphatic heterocycles. The van der Waals surface area contributed by atoms with Crippen LogP contribution in [0.5, 0.6) is 5.75 Å². The molecule has 0 spiro atoms. The Balaban J connectivity index is 1.39. The maximum absolute atomic E-state index is 13.6. The van der Waals surface area contributed by atoms with Crippen molar-refractivity contribution in [2.24, 2.45) is 0 Å². The van der Waals surface area contributed by atoms with Crippen molar-refractivity contribution in [1.82, 2.24) is 30.2 Å². The SMILES string of the molecule is CCCCc1nc2ccc(S(C)(=O)=O)cc2c(=O)n1Cc1ccc(OCc2c(C)ccc(-c3nn[nH]n3)c2C)cc1. The summed E-state index contributed by atoms with van der Waals surface area (Å²) in [6.07, 6.45) is 3.63. The number of unbranched alkanes of at least 4 members (excludes halogenated alkanes) is 1. The van der Waals surface area contributed by atoms with Crippen molar-refractivity contribution < 1.29 is 13.2 Å². The van der Waals surface area contributed by atoms with Gasteiger partial charge < -0.3 is 4.74 Å². The topological polar surface area (TPSA) is 133 Å². The Kier molecular flexibility index (Phi) is 7.98. The van der Waals surface area contributed by atoms with Crippen LogP contribution in [-0.4, -0.2) is 44.8 Å². The Hall–Kier alpha value is -4.38. The Morgan fingerprint density at radius 1 is 1.02 bits per heavy atom. The molecule has 0 radical (unpaired) electrons. The average Bonchev–Trinajstić information content (AvgIpc) is 3.48. The number of ether oxygens (including phenoxy) is 1. The maximum atomic E-state index is 13.6. The highest BCUT2D eigenvalue weighted by Crippen LogP contribution is 2.26. The Labute approximate surface area is 238 Å². The van der Waals surface area contributed by atoms with Crippen LogP contribution < -0.4 is 10.3 Å². The van der Waals surface area contributed by atoms with Gasteiger partial charge in [0.2, 0.25) is 5.82 Å². The summed E-state index contributed by atoms with van der Waals surface area (Å²) in [6.45, 7) is 6.84. The van der Waals surface area contributed by atoms with Gasteiger partial charge >= 0.3 is 0 Å². The fourth-order valence-electron chi connectivity index (χ4n) is 4.83. The molecular formula is C30H32N6O4S. The van der Waals surface area contributed by atoms with Gasteiger partial charge in [-0.15, -0.1) is 10.2 Å². The summed E-state index contributed by atoms with van der Waals surface area (Å²) in [5.41, 5.74) is 5.25. The number of H-pyrrole nitrogens is 1. The Morgan fingerprint density at radius 2 is 1.80 bits per heavy atom. The van der Waals surface area contributed by atoms with E-state index < -0.39 is 9.84 Å². The number of aryl methyl sites for hydroxylation is 2. The zero-order valence-electron chi connectivity index (χ0n) is 23.5. The molecule has 0 saturated carbocycles. The fraction of sp³-hybridized carbons (Fsp3) is 0.300. The summed E-state index contributed by atoms with van der Waals surface area (Å²) < 4.78 is 32.0. The predicted molar refractivity (Wildman–Crippen MR) is 157 cm³/mol. The van der Waals surface area contributed by atoms with E-state index in [-0.39, 0.29) is 10.5 Å². The summed E-state index contributed by atoms with van der Waals surface area (Å²) in [6, 6.07) is 16.2. The Morgan fingerprint density at radius 3 is 2.49 bits per heavy atom. The summed E-state index contributed by atoms with van der Waals surface area (Å²) in [4.78, 5) is 18.4. The van der Waals surface area contributed by atoms with Gasteiger partial charge in [0.05, 0.1) is 22.3 Å². The van der Waals surface area contributed by atoms with Gasteiger partial charge in [0.15, 0.2) is 9.84 Å². The molecule has 11 heteroatoms. The number of aromatic amines is 1. The molecule has 41 heavy (non-hydrogen) atoms. The van der Waals surface area contributed by atoms with E-state index in [1.54, 1.807) is 10.6 Å². The van der Waals surface area contributed by atoms with Crippen LogP contribution in [0.1, 0.15) is 47.8 Å². The third kappa shape index (κ3) is 6.04. The highest BCUT2D eigenvalue weighted by atomic mass is 32.2. The zero-order valence-corrected chi connectivity index (χ0v) is 24.3. The lowest BCUT2D eigenvalue weighted by Gasteiger charge is -2.15. The molecule has 2 aromatic heterocycles. The van der Waals surface area contributed by atoms with Gasteiger partial charge in [0.25, 0.3) is 5.56 Å². The van der Waals surface area contributed by atoms with Crippen molar-refractivity contribution in [2.45, 2.75) is 58.1 Å². The lowest BCUT2D eigenvalue weighted by molar-refractivity contribution is 0.304. The number of nitrogens with zero attached hydrogens (tertiary/aromatic N) is 5. The molecule has 2 heterocycles. The van der Waals surface area contributed by atoms with E-state index in [2.05, 4.69) is 27.5 Å². The van der Waals surface area contributed by atoms with Crippen LogP contribution in [0.15, 0.2) is 64.3 Å². The molecule has 10 nitrogen and oxygen atoms in total. The molecule has 0 amide bonds. The van der Waals surface area contributed by atoms with Crippen molar-refractivity contribution in [3.05, 3.63) is 93.0 Å². The number of aromatic nitrogens is 6. The van der Waals surface area contributed by atoms with Crippen molar-refractivity contribution in [3.8, 4) is 17.1 Å². The summed E-state index contributed by atoms with van der Waals surface area (Å²) in [5, 5.41) is 14.6. The number of hydrogen-bond acceptors (Lipinski definition) is 8. The highest BCUT2D eigenvalue weighted by Gasteiger charge is 2.16. The predicted octanol–water partition coefficient (Wildman–Crippen LogP) is 4.57. The smallest absolute Gasteiger partial charge is 0.261 e. The van der Waals surface area contributed by atoms with E-state index in [0.717, 1.165) is 46.9 Å². The largest absolute Gasteiger partial charge is 0.489 e. The second-order valence-electron chi connectivity index (χ2n) is 10.2. The van der Waals surface area contributed by atoms with Crippen LogP contribution in [0, 0.1) is 13.8 Å². The molecule has 0 aliphatic carbocycles. The van der Waals surface area contributed by atoms with Crippen molar-refractivity contribution in [3.63, 3.8) is 0 Å². The minimum Gasteiger partial charge on any atom is -0.489 e. The minimum atomic E-state index is -3.46. The van der Waals surface area contributed by atoms with E-state index in [9.17, 15) is 13.2 Å². The molecule has 0 aliphatic rings. The number of nitrogens with one attached hydrogen (secondary N) is 1. The first-order valence-corrected chi connectivity index (χ1v) is 15.3. The van der Waals surface area contributed by atoms with Crippen LogP contribution >= 0.6 is 0 Å². The van der Waals surface area contributed by atoms with Gasteiger partial charge in [-0.2, -0.15) is 5.21 Å². The van der Waals surface area contributed by atoms with Crippen LogP contribution in [0.25, 0.3) is 22.3 Å². The summed E-state index contributed by atoms with van der Waals surface area (Å²) in [5.74, 6) is 1.92. The highest BCUT2D eigenvalue weighted by molar-refractivity contribution is 7.90. The molecule has 0 unspecified atom stereocenters. The standard InChI is InChI=1S/C30H32N6O4S/c1-5-6-7-28-31-27-15-13-23(41(4,38)39)16-25(27)30(37)36(28)17-21-9-11-22(12-10-21)40-18-26-19(2)8-14-24(20(26)3)29-32-34-35-33-29/h8-16H,5-7,17-18H2,1-4H3,(H,32,33,34,35). The van der Waals surface area contributed by atoms with Gasteiger partial charge in [-0.3, -0.25) is 9.36 Å². The van der Waals surface area contributed by atoms with Crippen molar-refractivity contribution in [2.75, 3.05) is 6.26 Å². The monoisotopic (exact) mass is 572 g/mol. The van der Waals surface area contributed by atoms with Gasteiger partial charge in [-0.05, 0) is 78.1 Å². The molecule has 212 valence electrons. The lowest BCUT2D eigenvalue weighted by Crippen LogP contribution is -2.26. The molecule has 0 bridgehead atoms. The van der Waals surface area contributed by atoms with Gasteiger partial charge in [0, 0.05) is 18.2 Å². The van der Waals surface area contributed by atoms with Crippen LogP contribution in [0.2, 0.25) is 0 Å². The number of benzene rings is 3. The first-order chi connectivity index (χ1) is 19.7. The van der Waals surface area contributed by atoms with Crippen LogP contribution in [0.4, 0.5) is 0 Å². The quantitative estimate of drug-likeness (QED) is 0.257. The summed E-state index contributed by atoms with van der Waals surface area (Å²) >= 11 is 0. The lowest BCUT2D eigenvalue weighted by atomic mass is 9.98. The second-order valence-corrected chi connectivity index (χ2v) is 12.2. The van der Waals surface area contributed by atoms with E-state index in [0.29, 0.717) is 47.9 Å². The third-order valence-corrected chi connectivity index (χ3v) is 8.36. The van der Waals surface area contributed by atoms with Gasteiger partial charge in [-0.25, -0.2) is 13.4 Å².